The summed E-state index contributed by atoms with van der Waals surface area (Å²) in [5.74, 6) is -0.429. The average molecular weight is 311 g/mol. The largest absolute Gasteiger partial charge is 2.00 e. The zero-order valence-electron chi connectivity index (χ0n) is 10.6. The molecule has 3 N–H and O–H groups in total. The second-order valence-corrected chi connectivity index (χ2v) is 3.49. The Bertz CT molecular complexity index is 499. The minimum atomic E-state index is -0.997. The fourth-order valence-electron chi connectivity index (χ4n) is 1.04. The van der Waals surface area contributed by atoms with Gasteiger partial charge in [-0.2, -0.15) is 22.3 Å². The van der Waals surface area contributed by atoms with Crippen LogP contribution in [-0.2, 0) is 29.8 Å². The van der Waals surface area contributed by atoms with Crippen molar-refractivity contribution >= 4 is 5.97 Å². The minimum absolute atomic E-state index is 0. The number of pyridine rings is 1. The van der Waals surface area contributed by atoms with E-state index in [4.69, 9.17) is 10.8 Å². The van der Waals surface area contributed by atoms with Gasteiger partial charge in [0.1, 0.15) is 6.04 Å². The van der Waals surface area contributed by atoms with Crippen molar-refractivity contribution in [2.45, 2.75) is 19.4 Å². The third-order valence-corrected chi connectivity index (χ3v) is 1.93. The van der Waals surface area contributed by atoms with Gasteiger partial charge >= 0.3 is 24.5 Å². The smallest absolute Gasteiger partial charge is 0.480 e. The van der Waals surface area contributed by atoms with Gasteiger partial charge < -0.3 is 26.0 Å². The van der Waals surface area contributed by atoms with Gasteiger partial charge in [-0.25, -0.2) is 6.33 Å². The number of hydrogen-bond donors (Lipinski definition) is 2. The summed E-state index contributed by atoms with van der Waals surface area (Å²) in [7, 11) is 0. The molecule has 0 bridgehead atoms. The van der Waals surface area contributed by atoms with Crippen LogP contribution < -0.4 is 5.73 Å². The van der Waals surface area contributed by atoms with Crippen LogP contribution in [0.3, 0.4) is 0 Å². The third kappa shape index (κ3) is 7.52. The van der Waals surface area contributed by atoms with E-state index in [9.17, 15) is 4.79 Å². The molecule has 0 unspecified atom stereocenters. The third-order valence-electron chi connectivity index (χ3n) is 1.93. The van der Waals surface area contributed by atoms with E-state index < -0.39 is 12.0 Å². The molecule has 0 saturated heterocycles. The van der Waals surface area contributed by atoms with Crippen molar-refractivity contribution in [2.75, 3.05) is 0 Å². The SMILES string of the molecule is Cc1nn[c-]nn1.N[C@@H](Cc1cc[c-]nc1)C(=O)O.[V+2]. The van der Waals surface area contributed by atoms with E-state index in [1.807, 2.05) is 0 Å². The number of carboxylic acids is 1. The van der Waals surface area contributed by atoms with Crippen molar-refractivity contribution in [3.63, 3.8) is 0 Å². The zero-order valence-corrected chi connectivity index (χ0v) is 12.0. The quantitative estimate of drug-likeness (QED) is 0.706. The van der Waals surface area contributed by atoms with Crippen LogP contribution in [0.15, 0.2) is 18.3 Å². The van der Waals surface area contributed by atoms with Gasteiger partial charge in [-0.1, -0.05) is 12.4 Å². The van der Waals surface area contributed by atoms with Gasteiger partial charge in [-0.15, -0.1) is 5.56 Å². The van der Waals surface area contributed by atoms with E-state index in [0.29, 0.717) is 12.2 Å². The first-order valence-electron chi connectivity index (χ1n) is 5.29. The van der Waals surface area contributed by atoms with Crippen molar-refractivity contribution in [1.29, 1.82) is 0 Å². The summed E-state index contributed by atoms with van der Waals surface area (Å²) < 4.78 is 0. The van der Waals surface area contributed by atoms with Crippen LogP contribution in [0.5, 0.6) is 0 Å². The van der Waals surface area contributed by atoms with Crippen LogP contribution in [0.2, 0.25) is 0 Å². The van der Waals surface area contributed by atoms with Crippen molar-refractivity contribution in [2.24, 2.45) is 5.73 Å². The molecule has 0 aromatic carbocycles. The monoisotopic (exact) mass is 311 g/mol. The Morgan fingerprint density at radius 1 is 1.45 bits per heavy atom. The number of rotatable bonds is 3. The number of aliphatic carboxylic acids is 1. The molecule has 0 aliphatic heterocycles. The molecule has 0 spiro atoms. The maximum absolute atomic E-state index is 10.4. The molecular formula is C11H12N6O2V. The summed E-state index contributed by atoms with van der Waals surface area (Å²) in [6.45, 7) is 1.72. The molecule has 103 valence electrons. The number of carbonyl (C=O) groups is 1. The maximum atomic E-state index is 10.4. The zero-order chi connectivity index (χ0) is 14.1. The summed E-state index contributed by atoms with van der Waals surface area (Å²) in [6, 6.07) is 2.52. The number of nitrogens with two attached hydrogens (primary N) is 1. The number of carboxylic acid groups (broad SMARTS) is 1. The van der Waals surface area contributed by atoms with Gasteiger partial charge in [0.25, 0.3) is 0 Å². The predicted molar refractivity (Wildman–Crippen MR) is 63.6 cm³/mol. The molecule has 0 amide bonds. The van der Waals surface area contributed by atoms with Crippen LogP contribution in [0.1, 0.15) is 11.4 Å². The van der Waals surface area contributed by atoms with E-state index in [2.05, 4.69) is 37.9 Å². The molecule has 1 atom stereocenters. The number of nitrogens with zero attached hydrogens (tertiary/aromatic N) is 5. The summed E-state index contributed by atoms with van der Waals surface area (Å²) >= 11 is 0. The molecule has 2 aromatic rings. The first-order valence-corrected chi connectivity index (χ1v) is 5.29. The molecule has 2 aromatic heterocycles. The van der Waals surface area contributed by atoms with Crippen molar-refractivity contribution < 1.29 is 28.5 Å². The Labute approximate surface area is 127 Å². The first kappa shape index (κ1) is 18.1. The van der Waals surface area contributed by atoms with Gasteiger partial charge in [0.05, 0.1) is 0 Å². The average Bonchev–Trinajstić information content (AvgIpc) is 2.41. The Morgan fingerprint density at radius 3 is 2.50 bits per heavy atom. The Kier molecular flexibility index (Phi) is 9.02. The van der Waals surface area contributed by atoms with Gasteiger partial charge in [-0.3, -0.25) is 4.79 Å². The van der Waals surface area contributed by atoms with Gasteiger partial charge in [0.15, 0.2) is 5.82 Å². The van der Waals surface area contributed by atoms with Crippen molar-refractivity contribution in [1.82, 2.24) is 25.4 Å². The molecule has 1 radical (unpaired) electrons. The molecule has 2 rings (SSSR count). The molecule has 0 saturated carbocycles. The van der Waals surface area contributed by atoms with Gasteiger partial charge in [-0.05, 0) is 13.3 Å². The number of aryl methyl sites for hydroxylation is 1. The van der Waals surface area contributed by atoms with Crippen molar-refractivity contribution in [3.05, 3.63) is 42.2 Å². The van der Waals surface area contributed by atoms with E-state index in [1.54, 1.807) is 25.3 Å². The molecule has 0 fully saturated rings. The molecule has 0 aliphatic carbocycles. The topological polar surface area (TPSA) is 128 Å². The predicted octanol–water partition coefficient (Wildman–Crippen LogP) is -0.791. The van der Waals surface area contributed by atoms with Crippen molar-refractivity contribution in [3.8, 4) is 0 Å². The maximum Gasteiger partial charge on any atom is 2.00 e. The summed E-state index contributed by atoms with van der Waals surface area (Å²) in [6.07, 6.45) is 6.67. The summed E-state index contributed by atoms with van der Waals surface area (Å²) in [5.41, 5.74) is 6.12. The van der Waals surface area contributed by atoms with E-state index in [0.717, 1.165) is 5.56 Å². The molecule has 0 aliphatic rings. The molecule has 9 heteroatoms. The second kappa shape index (κ2) is 9.96. The second-order valence-electron chi connectivity index (χ2n) is 3.49. The minimum Gasteiger partial charge on any atom is -0.480 e. The Morgan fingerprint density at radius 2 is 2.10 bits per heavy atom. The molecule has 2 heterocycles. The van der Waals surface area contributed by atoms with Crippen LogP contribution >= 0.6 is 0 Å². The van der Waals surface area contributed by atoms with Gasteiger partial charge in [0.2, 0.25) is 0 Å². The Balaban J connectivity index is 0.000000387. The first-order chi connectivity index (χ1) is 9.09. The number of hydrogen-bond acceptors (Lipinski definition) is 7. The number of aromatic nitrogens is 5. The Hall–Kier alpha value is -1.90. The molecule has 20 heavy (non-hydrogen) atoms. The van der Waals surface area contributed by atoms with Crippen LogP contribution in [0.4, 0.5) is 0 Å². The summed E-state index contributed by atoms with van der Waals surface area (Å²) in [4.78, 5) is 14.1. The fourth-order valence-corrected chi connectivity index (χ4v) is 1.04. The normalized spacial score (nSPS) is 10.5. The fraction of sp³-hybridized carbons (Fsp3) is 0.273. The summed E-state index contributed by atoms with van der Waals surface area (Å²) in [5, 5.41) is 22.2. The molecule has 8 nitrogen and oxygen atoms in total. The molecular weight excluding hydrogens is 299 g/mol. The van der Waals surface area contributed by atoms with E-state index in [-0.39, 0.29) is 18.6 Å². The van der Waals surface area contributed by atoms with E-state index >= 15 is 0 Å². The van der Waals surface area contributed by atoms with Crippen LogP contribution in [0.25, 0.3) is 0 Å². The van der Waals surface area contributed by atoms with Crippen LogP contribution in [0, 0.1) is 19.4 Å². The van der Waals surface area contributed by atoms with Crippen LogP contribution in [-0.4, -0.2) is 42.5 Å². The van der Waals surface area contributed by atoms with Gasteiger partial charge in [0, 0.05) is 0 Å². The standard InChI is InChI=1S/C8H9N2O2.C3H3N4.V/c9-7(8(11)12)4-6-2-1-3-10-5-6;1-3-6-4-2-5-7-3;/h1-2,5,7H,4,9H2,(H,11,12);1H3;/q2*-1;+2/t7-;;/m0../s1. The van der Waals surface area contributed by atoms with E-state index in [1.165, 1.54) is 0 Å².